The zero-order valence-corrected chi connectivity index (χ0v) is 14.7. The molecule has 2 N–H and O–H groups in total. The van der Waals surface area contributed by atoms with Crippen LogP contribution in [0.15, 0.2) is 30.6 Å². The lowest BCUT2D eigenvalue weighted by Crippen LogP contribution is -2.30. The molecule has 0 fully saturated rings. The van der Waals surface area contributed by atoms with Crippen LogP contribution in [0.4, 0.5) is 5.69 Å². The van der Waals surface area contributed by atoms with Crippen LogP contribution in [0.3, 0.4) is 0 Å². The molecule has 3 rings (SSSR count). The third-order valence-electron chi connectivity index (χ3n) is 3.85. The summed E-state index contributed by atoms with van der Waals surface area (Å²) in [6.45, 7) is 4.14. The van der Waals surface area contributed by atoms with Crippen LogP contribution in [0.25, 0.3) is 0 Å². The molecule has 7 heteroatoms. The Bertz CT molecular complexity index is 767. The SMILES string of the molecule is Cc1cnccc1NCCNC(=O)Cc1cc2c(cc1Cl)OCCO2. The van der Waals surface area contributed by atoms with Crippen molar-refractivity contribution in [2.45, 2.75) is 13.3 Å². The highest BCUT2D eigenvalue weighted by Crippen LogP contribution is 2.35. The standard InChI is InChI=1S/C18H20ClN3O3/c1-12-11-20-3-2-15(12)21-4-5-22-18(23)9-13-8-16-17(10-14(13)19)25-7-6-24-16/h2-3,8,10-11H,4-7,9H2,1H3,(H,20,21)(H,22,23). The lowest BCUT2D eigenvalue weighted by Gasteiger charge is -2.19. The van der Waals surface area contributed by atoms with Gasteiger partial charge < -0.3 is 20.1 Å². The molecular formula is C18H20ClN3O3. The molecule has 6 nitrogen and oxygen atoms in total. The summed E-state index contributed by atoms with van der Waals surface area (Å²) in [4.78, 5) is 16.2. The zero-order chi connectivity index (χ0) is 17.6. The van der Waals surface area contributed by atoms with Gasteiger partial charge in [-0.2, -0.15) is 0 Å². The van der Waals surface area contributed by atoms with Crippen LogP contribution in [0, 0.1) is 6.92 Å². The Morgan fingerprint density at radius 3 is 2.76 bits per heavy atom. The van der Waals surface area contributed by atoms with Gasteiger partial charge in [-0.3, -0.25) is 9.78 Å². The third kappa shape index (κ3) is 4.54. The minimum absolute atomic E-state index is 0.0909. The molecule has 132 valence electrons. The van der Waals surface area contributed by atoms with Crippen LogP contribution in [-0.4, -0.2) is 37.2 Å². The Hall–Kier alpha value is -2.47. The van der Waals surface area contributed by atoms with Gasteiger partial charge in [0.2, 0.25) is 5.91 Å². The number of aromatic nitrogens is 1. The minimum atomic E-state index is -0.0909. The number of carbonyl (C=O) groups excluding carboxylic acids is 1. The second kappa shape index (κ2) is 8.07. The average Bonchev–Trinajstić information content (AvgIpc) is 2.61. The number of halogens is 1. The number of nitrogens with one attached hydrogen (secondary N) is 2. The smallest absolute Gasteiger partial charge is 0.224 e. The van der Waals surface area contributed by atoms with Crippen molar-refractivity contribution < 1.29 is 14.3 Å². The number of hydrogen-bond donors (Lipinski definition) is 2. The molecule has 2 aromatic rings. The largest absolute Gasteiger partial charge is 0.486 e. The molecular weight excluding hydrogens is 342 g/mol. The summed E-state index contributed by atoms with van der Waals surface area (Å²) in [5.74, 6) is 1.16. The number of carbonyl (C=O) groups is 1. The fraction of sp³-hybridized carbons (Fsp3) is 0.333. The van der Waals surface area contributed by atoms with Gasteiger partial charge in [0.25, 0.3) is 0 Å². The second-order valence-corrected chi connectivity index (χ2v) is 6.14. The highest BCUT2D eigenvalue weighted by Gasteiger charge is 2.16. The predicted molar refractivity (Wildman–Crippen MR) is 96.6 cm³/mol. The number of rotatable bonds is 6. The zero-order valence-electron chi connectivity index (χ0n) is 14.0. The molecule has 1 aliphatic heterocycles. The van der Waals surface area contributed by atoms with E-state index in [1.54, 1.807) is 24.5 Å². The number of anilines is 1. The van der Waals surface area contributed by atoms with E-state index in [0.717, 1.165) is 16.8 Å². The third-order valence-corrected chi connectivity index (χ3v) is 4.20. The van der Waals surface area contributed by atoms with Gasteiger partial charge in [0, 0.05) is 42.3 Å². The number of hydrogen-bond acceptors (Lipinski definition) is 5. The summed E-state index contributed by atoms with van der Waals surface area (Å²) in [6.07, 6.45) is 3.73. The molecule has 0 saturated carbocycles. The molecule has 0 spiro atoms. The maximum atomic E-state index is 12.1. The Morgan fingerprint density at radius 2 is 2.00 bits per heavy atom. The van der Waals surface area contributed by atoms with E-state index >= 15 is 0 Å². The van der Waals surface area contributed by atoms with Gasteiger partial charge in [-0.1, -0.05) is 11.6 Å². The number of fused-ring (bicyclic) bond motifs is 1. The fourth-order valence-electron chi connectivity index (χ4n) is 2.55. The van der Waals surface area contributed by atoms with E-state index in [0.29, 0.717) is 42.8 Å². The highest BCUT2D eigenvalue weighted by molar-refractivity contribution is 6.31. The van der Waals surface area contributed by atoms with Gasteiger partial charge in [-0.25, -0.2) is 0 Å². The molecule has 1 aromatic heterocycles. The topological polar surface area (TPSA) is 72.5 Å². The Kier molecular flexibility index (Phi) is 5.60. The van der Waals surface area contributed by atoms with Crippen molar-refractivity contribution in [1.29, 1.82) is 0 Å². The first-order chi connectivity index (χ1) is 12.1. The van der Waals surface area contributed by atoms with E-state index in [1.807, 2.05) is 13.0 Å². The van der Waals surface area contributed by atoms with Crippen molar-refractivity contribution >= 4 is 23.2 Å². The van der Waals surface area contributed by atoms with Gasteiger partial charge >= 0.3 is 0 Å². The first kappa shape index (κ1) is 17.4. The molecule has 0 atom stereocenters. The summed E-state index contributed by atoms with van der Waals surface area (Å²) in [5, 5.41) is 6.65. The summed E-state index contributed by atoms with van der Waals surface area (Å²) >= 11 is 6.23. The van der Waals surface area contributed by atoms with E-state index in [9.17, 15) is 4.79 Å². The maximum Gasteiger partial charge on any atom is 0.224 e. The lowest BCUT2D eigenvalue weighted by molar-refractivity contribution is -0.120. The summed E-state index contributed by atoms with van der Waals surface area (Å²) in [5.41, 5.74) is 2.80. The van der Waals surface area contributed by atoms with Crippen LogP contribution >= 0.6 is 11.6 Å². The summed E-state index contributed by atoms with van der Waals surface area (Å²) < 4.78 is 11.0. The summed E-state index contributed by atoms with van der Waals surface area (Å²) in [6, 6.07) is 5.38. The lowest BCUT2D eigenvalue weighted by atomic mass is 10.1. The van der Waals surface area contributed by atoms with Gasteiger partial charge in [0.15, 0.2) is 11.5 Å². The maximum absolute atomic E-state index is 12.1. The molecule has 1 aliphatic rings. The quantitative estimate of drug-likeness (QED) is 0.774. The Labute approximate surface area is 151 Å². The average molecular weight is 362 g/mol. The van der Waals surface area contributed by atoms with Crippen molar-refractivity contribution in [3.05, 3.63) is 46.7 Å². The highest BCUT2D eigenvalue weighted by atomic mass is 35.5. The van der Waals surface area contributed by atoms with Gasteiger partial charge in [0.1, 0.15) is 13.2 Å². The monoisotopic (exact) mass is 361 g/mol. The number of nitrogens with zero attached hydrogens (tertiary/aromatic N) is 1. The molecule has 1 amide bonds. The molecule has 0 bridgehead atoms. The van der Waals surface area contributed by atoms with E-state index in [-0.39, 0.29) is 12.3 Å². The van der Waals surface area contributed by atoms with Crippen LogP contribution in [0.5, 0.6) is 11.5 Å². The number of amides is 1. The van der Waals surface area contributed by atoms with Crippen molar-refractivity contribution in [1.82, 2.24) is 10.3 Å². The Balaban J connectivity index is 1.49. The van der Waals surface area contributed by atoms with E-state index in [2.05, 4.69) is 15.6 Å². The molecule has 0 saturated heterocycles. The van der Waals surface area contributed by atoms with Crippen molar-refractivity contribution in [3.8, 4) is 11.5 Å². The number of ether oxygens (including phenoxy) is 2. The van der Waals surface area contributed by atoms with Crippen LogP contribution < -0.4 is 20.1 Å². The van der Waals surface area contributed by atoms with Gasteiger partial charge in [-0.15, -0.1) is 0 Å². The molecule has 0 radical (unpaired) electrons. The molecule has 25 heavy (non-hydrogen) atoms. The van der Waals surface area contributed by atoms with Gasteiger partial charge in [-0.05, 0) is 30.2 Å². The molecule has 1 aromatic carbocycles. The molecule has 0 unspecified atom stereocenters. The summed E-state index contributed by atoms with van der Waals surface area (Å²) in [7, 11) is 0. The van der Waals surface area contributed by atoms with E-state index < -0.39 is 0 Å². The Morgan fingerprint density at radius 1 is 1.24 bits per heavy atom. The fourth-order valence-corrected chi connectivity index (χ4v) is 2.77. The minimum Gasteiger partial charge on any atom is -0.486 e. The number of aryl methyl sites for hydroxylation is 1. The van der Waals surface area contributed by atoms with Crippen molar-refractivity contribution in [2.24, 2.45) is 0 Å². The van der Waals surface area contributed by atoms with Crippen LogP contribution in [-0.2, 0) is 11.2 Å². The first-order valence-corrected chi connectivity index (χ1v) is 8.50. The number of benzene rings is 1. The van der Waals surface area contributed by atoms with Crippen LogP contribution in [0.1, 0.15) is 11.1 Å². The molecule has 0 aliphatic carbocycles. The molecule has 2 heterocycles. The van der Waals surface area contributed by atoms with E-state index in [4.69, 9.17) is 21.1 Å². The van der Waals surface area contributed by atoms with Crippen molar-refractivity contribution in [2.75, 3.05) is 31.6 Å². The first-order valence-electron chi connectivity index (χ1n) is 8.12. The normalized spacial score (nSPS) is 12.6. The number of pyridine rings is 1. The van der Waals surface area contributed by atoms with E-state index in [1.165, 1.54) is 0 Å². The predicted octanol–water partition coefficient (Wildman–Crippen LogP) is 2.59. The van der Waals surface area contributed by atoms with Gasteiger partial charge in [0.05, 0.1) is 6.42 Å². The van der Waals surface area contributed by atoms with Crippen LogP contribution in [0.2, 0.25) is 5.02 Å². The van der Waals surface area contributed by atoms with Crippen molar-refractivity contribution in [3.63, 3.8) is 0 Å². The second-order valence-electron chi connectivity index (χ2n) is 5.73.